The zero-order valence-electron chi connectivity index (χ0n) is 29.9. The van der Waals surface area contributed by atoms with Crippen LogP contribution in [0.2, 0.25) is 0 Å². The summed E-state index contributed by atoms with van der Waals surface area (Å²) >= 11 is 0. The molecule has 8 aromatic carbocycles. The van der Waals surface area contributed by atoms with Crippen molar-refractivity contribution in [3.8, 4) is 27.9 Å². The molecule has 0 atom stereocenters. The summed E-state index contributed by atoms with van der Waals surface area (Å²) in [6.07, 6.45) is 6.78. The summed E-state index contributed by atoms with van der Waals surface area (Å²) in [7, 11) is 0. The Labute approximate surface area is 316 Å². The van der Waals surface area contributed by atoms with Crippen molar-refractivity contribution in [3.63, 3.8) is 0 Å². The zero-order valence-corrected chi connectivity index (χ0v) is 29.9. The molecule has 0 saturated heterocycles. The fraction of sp³-hybridized carbons (Fsp3) is 0.0385. The summed E-state index contributed by atoms with van der Waals surface area (Å²) < 4.78 is 2.47. The third-order valence-corrected chi connectivity index (χ3v) is 10.9. The van der Waals surface area contributed by atoms with Gasteiger partial charge < -0.3 is 9.47 Å². The summed E-state index contributed by atoms with van der Waals surface area (Å²) in [5, 5.41) is 5.04. The van der Waals surface area contributed by atoms with Crippen LogP contribution in [0.1, 0.15) is 18.4 Å². The van der Waals surface area contributed by atoms with E-state index < -0.39 is 0 Å². The van der Waals surface area contributed by atoms with Crippen LogP contribution in [0.5, 0.6) is 0 Å². The topological polar surface area (TPSA) is 8.17 Å². The molecule has 9 aromatic rings. The minimum Gasteiger partial charge on any atom is -0.311 e. The second-order valence-corrected chi connectivity index (χ2v) is 14.1. The summed E-state index contributed by atoms with van der Waals surface area (Å²) in [6.45, 7) is 0. The molecule has 0 N–H and O–H groups in total. The number of anilines is 2. The Bertz CT molecular complexity index is 2840. The maximum Gasteiger partial charge on any atom is 0.0619 e. The highest BCUT2D eigenvalue weighted by Gasteiger charge is 2.20. The minimum absolute atomic E-state index is 0.994. The molecule has 1 aliphatic carbocycles. The first-order chi connectivity index (χ1) is 26.8. The van der Waals surface area contributed by atoms with E-state index in [-0.39, 0.29) is 0 Å². The monoisotopic (exact) mass is 690 g/mol. The molecule has 1 aromatic heterocycles. The van der Waals surface area contributed by atoms with Gasteiger partial charge in [-0.1, -0.05) is 164 Å². The lowest BCUT2D eigenvalue weighted by atomic mass is 9.95. The fourth-order valence-corrected chi connectivity index (χ4v) is 8.28. The van der Waals surface area contributed by atoms with E-state index in [1.165, 1.54) is 77.4 Å². The number of hydrogen-bond donors (Lipinski definition) is 0. The van der Waals surface area contributed by atoms with Gasteiger partial charge in [-0.05, 0) is 88.5 Å². The van der Waals surface area contributed by atoms with Gasteiger partial charge in [0.15, 0.2) is 0 Å². The number of para-hydroxylation sites is 2. The van der Waals surface area contributed by atoms with Gasteiger partial charge in [-0.3, -0.25) is 0 Å². The molecule has 0 radical (unpaired) electrons. The lowest BCUT2D eigenvalue weighted by Gasteiger charge is -2.29. The molecule has 0 spiro atoms. The molecule has 0 unspecified atom stereocenters. The van der Waals surface area contributed by atoms with Gasteiger partial charge in [0.1, 0.15) is 0 Å². The molecular weight excluding hydrogens is 653 g/mol. The van der Waals surface area contributed by atoms with Crippen LogP contribution in [-0.2, 0) is 0 Å². The lowest BCUT2D eigenvalue weighted by molar-refractivity contribution is 1.01. The molecule has 54 heavy (non-hydrogen) atoms. The molecule has 1 aliphatic rings. The van der Waals surface area contributed by atoms with Gasteiger partial charge in [0.05, 0.1) is 16.7 Å². The predicted octanol–water partition coefficient (Wildman–Crippen LogP) is 14.2. The lowest BCUT2D eigenvalue weighted by Crippen LogP contribution is -2.17. The number of aromatic nitrogens is 1. The first kappa shape index (κ1) is 31.8. The molecule has 0 saturated carbocycles. The molecule has 10 rings (SSSR count). The Hall–Kier alpha value is -6.90. The Kier molecular flexibility index (Phi) is 8.00. The SMILES string of the molecule is C1=C(c2ccccc2)CCC=C1N(c1ccc(-c2ccccc2)cc1)c1ccc(-c2ccccc2-n2c3ccccc3c3ccc4ccccc4c32)cc1. The van der Waals surface area contributed by atoms with Gasteiger partial charge in [-0.25, -0.2) is 0 Å². The van der Waals surface area contributed by atoms with Crippen LogP contribution in [0.3, 0.4) is 0 Å². The van der Waals surface area contributed by atoms with Crippen LogP contribution in [0, 0.1) is 0 Å². The number of fused-ring (bicyclic) bond motifs is 5. The highest BCUT2D eigenvalue weighted by molar-refractivity contribution is 6.18. The Morgan fingerprint density at radius 1 is 0.426 bits per heavy atom. The van der Waals surface area contributed by atoms with Crippen molar-refractivity contribution in [2.75, 3.05) is 4.90 Å². The van der Waals surface area contributed by atoms with Crippen molar-refractivity contribution in [1.82, 2.24) is 4.57 Å². The third-order valence-electron chi connectivity index (χ3n) is 10.9. The van der Waals surface area contributed by atoms with E-state index in [1.54, 1.807) is 0 Å². The van der Waals surface area contributed by atoms with Crippen molar-refractivity contribution in [1.29, 1.82) is 0 Å². The summed E-state index contributed by atoms with van der Waals surface area (Å²) in [6, 6.07) is 70.4. The van der Waals surface area contributed by atoms with Crippen molar-refractivity contribution >= 4 is 49.5 Å². The quantitative estimate of drug-likeness (QED) is 0.162. The normalized spacial score (nSPS) is 12.9. The first-order valence-electron chi connectivity index (χ1n) is 18.8. The molecule has 256 valence electrons. The van der Waals surface area contributed by atoms with E-state index in [1.807, 2.05) is 0 Å². The fourth-order valence-electron chi connectivity index (χ4n) is 8.28. The molecular formula is C52H38N2. The molecule has 2 nitrogen and oxygen atoms in total. The Morgan fingerprint density at radius 3 is 1.78 bits per heavy atom. The maximum absolute atomic E-state index is 2.47. The van der Waals surface area contributed by atoms with Gasteiger partial charge in [0.2, 0.25) is 0 Å². The predicted molar refractivity (Wildman–Crippen MR) is 229 cm³/mol. The average molecular weight is 691 g/mol. The minimum atomic E-state index is 0.994. The van der Waals surface area contributed by atoms with E-state index in [0.29, 0.717) is 0 Å². The summed E-state index contributed by atoms with van der Waals surface area (Å²) in [5.74, 6) is 0. The van der Waals surface area contributed by atoms with Gasteiger partial charge in [0.25, 0.3) is 0 Å². The second kappa shape index (κ2) is 13.6. The van der Waals surface area contributed by atoms with Crippen molar-refractivity contribution < 1.29 is 0 Å². The molecule has 0 fully saturated rings. The van der Waals surface area contributed by atoms with Crippen LogP contribution in [0.25, 0.3) is 66.1 Å². The van der Waals surface area contributed by atoms with Crippen LogP contribution in [-0.4, -0.2) is 4.57 Å². The van der Waals surface area contributed by atoms with E-state index >= 15 is 0 Å². The van der Waals surface area contributed by atoms with Crippen molar-refractivity contribution in [2.45, 2.75) is 12.8 Å². The molecule has 0 bridgehead atoms. The standard InChI is InChI=1S/C52H38N2/c1-3-14-37(15-4-1)39-26-31-43(32-27-39)53(45-20-13-19-42(36-45)38-16-5-2-6-17-38)44-33-28-41(29-34-44)46-21-9-11-24-50(46)54-51-25-12-10-23-48(51)49-35-30-40-18-7-8-22-47(40)52(49)54/h1-12,14-18,20-36H,13,19H2. The van der Waals surface area contributed by atoms with Gasteiger partial charge in [-0.2, -0.15) is 0 Å². The van der Waals surface area contributed by atoms with Crippen LogP contribution < -0.4 is 4.90 Å². The highest BCUT2D eigenvalue weighted by atomic mass is 15.1. The van der Waals surface area contributed by atoms with Gasteiger partial charge in [0, 0.05) is 38.8 Å². The maximum atomic E-state index is 2.47. The summed E-state index contributed by atoms with van der Waals surface area (Å²) in [4.78, 5) is 2.41. The number of allylic oxidation sites excluding steroid dienone is 3. The molecule has 0 aliphatic heterocycles. The third kappa shape index (κ3) is 5.60. The van der Waals surface area contributed by atoms with E-state index in [0.717, 1.165) is 24.2 Å². The summed E-state index contributed by atoms with van der Waals surface area (Å²) in [5.41, 5.74) is 14.5. The van der Waals surface area contributed by atoms with Crippen LogP contribution in [0.4, 0.5) is 11.4 Å². The Morgan fingerprint density at radius 2 is 1.02 bits per heavy atom. The van der Waals surface area contributed by atoms with E-state index in [9.17, 15) is 0 Å². The van der Waals surface area contributed by atoms with Gasteiger partial charge >= 0.3 is 0 Å². The largest absolute Gasteiger partial charge is 0.311 e. The van der Waals surface area contributed by atoms with E-state index in [4.69, 9.17) is 0 Å². The molecule has 2 heteroatoms. The van der Waals surface area contributed by atoms with Crippen LogP contribution in [0.15, 0.2) is 212 Å². The van der Waals surface area contributed by atoms with Crippen molar-refractivity contribution in [3.05, 3.63) is 218 Å². The zero-order chi connectivity index (χ0) is 35.8. The van der Waals surface area contributed by atoms with Crippen LogP contribution >= 0.6 is 0 Å². The first-order valence-corrected chi connectivity index (χ1v) is 18.8. The average Bonchev–Trinajstić information content (AvgIpc) is 3.60. The smallest absolute Gasteiger partial charge is 0.0619 e. The molecule has 0 amide bonds. The number of rotatable bonds is 7. The Balaban J connectivity index is 1.09. The van der Waals surface area contributed by atoms with Crippen molar-refractivity contribution in [2.24, 2.45) is 0 Å². The number of nitrogens with zero attached hydrogens (tertiary/aromatic N) is 2. The molecule has 1 heterocycles. The number of hydrogen-bond acceptors (Lipinski definition) is 1. The van der Waals surface area contributed by atoms with E-state index in [2.05, 4.69) is 216 Å². The number of benzene rings is 8. The second-order valence-electron chi connectivity index (χ2n) is 14.1. The van der Waals surface area contributed by atoms with Gasteiger partial charge in [-0.15, -0.1) is 0 Å². The highest BCUT2D eigenvalue weighted by Crippen LogP contribution is 2.41.